The predicted octanol–water partition coefficient (Wildman–Crippen LogP) is -0.0943. The number of hydrogen-bond acceptors (Lipinski definition) is 8. The van der Waals surface area contributed by atoms with Gasteiger partial charge in [-0.25, -0.2) is 15.1 Å². The van der Waals surface area contributed by atoms with Crippen LogP contribution in [0.2, 0.25) is 0 Å². The number of ether oxygens (including phenoxy) is 1. The van der Waals surface area contributed by atoms with E-state index in [-0.39, 0.29) is 12.3 Å². The van der Waals surface area contributed by atoms with E-state index in [0.717, 1.165) is 12.1 Å². The van der Waals surface area contributed by atoms with Crippen molar-refractivity contribution in [1.29, 1.82) is 0 Å². The summed E-state index contributed by atoms with van der Waals surface area (Å²) >= 11 is 0. The summed E-state index contributed by atoms with van der Waals surface area (Å²) in [6.45, 7) is 0. The molecule has 172 valence electrons. The van der Waals surface area contributed by atoms with Gasteiger partial charge in [-0.15, -0.1) is 0 Å². The first kappa shape index (κ1) is 24.7. The maximum atomic E-state index is 11.8. The Morgan fingerprint density at radius 1 is 0.871 bits per heavy atom. The molecule has 1 aromatic rings. The van der Waals surface area contributed by atoms with Gasteiger partial charge in [0.25, 0.3) is 0 Å². The number of carbonyl (C=O) groups excluding carboxylic acids is 2. The summed E-state index contributed by atoms with van der Waals surface area (Å²) < 4.78 is 4.88. The van der Waals surface area contributed by atoms with Crippen LogP contribution >= 0.6 is 0 Å². The minimum atomic E-state index is -1.84. The van der Waals surface area contributed by atoms with Crippen molar-refractivity contribution in [1.82, 2.24) is 5.48 Å². The van der Waals surface area contributed by atoms with Crippen LogP contribution in [0, 0.1) is 0 Å². The minimum absolute atomic E-state index is 0.0737. The number of hydrogen-bond donors (Lipinski definition) is 6. The van der Waals surface area contributed by atoms with Gasteiger partial charge in [-0.1, -0.05) is 31.0 Å². The lowest BCUT2D eigenvalue weighted by Gasteiger charge is -2.37. The molecular formula is C20H28N2O9. The number of para-hydroxylation sites is 1. The molecule has 1 heterocycles. The second kappa shape index (κ2) is 12.3. The smallest absolute Gasteiger partial charge is 0.335 e. The predicted molar refractivity (Wildman–Crippen MR) is 106 cm³/mol. The van der Waals surface area contributed by atoms with E-state index in [1.807, 2.05) is 23.7 Å². The summed E-state index contributed by atoms with van der Waals surface area (Å²) in [6, 6.07) is 9.14. The van der Waals surface area contributed by atoms with Gasteiger partial charge in [0.15, 0.2) is 6.10 Å². The molecule has 31 heavy (non-hydrogen) atoms. The third kappa shape index (κ3) is 7.89. The molecular weight excluding hydrogens is 412 g/mol. The number of nitrogens with one attached hydrogen (secondary N) is 2. The van der Waals surface area contributed by atoms with E-state index in [4.69, 9.17) is 14.7 Å². The minimum Gasteiger partial charge on any atom is -0.479 e. The van der Waals surface area contributed by atoms with Crippen molar-refractivity contribution in [3.8, 4) is 0 Å². The highest BCUT2D eigenvalue weighted by molar-refractivity contribution is 5.90. The largest absolute Gasteiger partial charge is 0.479 e. The Labute approximate surface area is 178 Å². The van der Waals surface area contributed by atoms with Crippen LogP contribution in [0.1, 0.15) is 38.5 Å². The van der Waals surface area contributed by atoms with Gasteiger partial charge in [0.1, 0.15) is 18.3 Å². The normalized spacial score (nSPS) is 25.6. The summed E-state index contributed by atoms with van der Waals surface area (Å²) in [5, 5.41) is 40.8. The van der Waals surface area contributed by atoms with Gasteiger partial charge >= 0.3 is 5.97 Å². The molecule has 0 unspecified atom stereocenters. The summed E-state index contributed by atoms with van der Waals surface area (Å²) in [5.74, 6) is -2.14. The number of aliphatic hydroxyl groups excluding tert-OH is 3. The van der Waals surface area contributed by atoms with Crippen molar-refractivity contribution < 1.29 is 44.4 Å². The second-order valence-electron chi connectivity index (χ2n) is 7.21. The lowest BCUT2D eigenvalue weighted by Crippen LogP contribution is -2.61. The highest BCUT2D eigenvalue weighted by Crippen LogP contribution is 2.21. The molecule has 0 aliphatic carbocycles. The molecule has 2 rings (SSSR count). The lowest BCUT2D eigenvalue weighted by atomic mass is 9.99. The molecule has 0 radical (unpaired) electrons. The molecule has 5 atom stereocenters. The van der Waals surface area contributed by atoms with Crippen molar-refractivity contribution in [2.24, 2.45) is 0 Å². The molecule has 1 fully saturated rings. The fourth-order valence-electron chi connectivity index (χ4n) is 2.99. The highest BCUT2D eigenvalue weighted by atomic mass is 16.8. The number of carboxylic acids is 1. The van der Waals surface area contributed by atoms with E-state index in [0.29, 0.717) is 25.7 Å². The fraction of sp³-hybridized carbons (Fsp3) is 0.550. The number of aliphatic carboxylic acids is 1. The third-order valence-electron chi connectivity index (χ3n) is 4.72. The van der Waals surface area contributed by atoms with Crippen LogP contribution in [0.25, 0.3) is 0 Å². The van der Waals surface area contributed by atoms with Crippen LogP contribution in [0.5, 0.6) is 0 Å². The van der Waals surface area contributed by atoms with E-state index >= 15 is 0 Å². The number of carbonyl (C=O) groups is 3. The van der Waals surface area contributed by atoms with Crippen molar-refractivity contribution >= 4 is 23.5 Å². The Balaban J connectivity index is 1.57. The van der Waals surface area contributed by atoms with E-state index in [1.54, 1.807) is 12.1 Å². The summed E-state index contributed by atoms with van der Waals surface area (Å²) in [4.78, 5) is 39.5. The van der Waals surface area contributed by atoms with Crippen molar-refractivity contribution in [2.45, 2.75) is 69.2 Å². The van der Waals surface area contributed by atoms with Crippen LogP contribution in [-0.2, 0) is 24.0 Å². The first-order chi connectivity index (χ1) is 14.8. The average Bonchev–Trinajstić information content (AvgIpc) is 2.74. The monoisotopic (exact) mass is 440 g/mol. The number of rotatable bonds is 11. The standard InChI is InChI=1S/C20H28N2O9/c23-13(21-12-8-4-3-5-9-12)10-6-1-2-7-11-14(24)22-31-20-17(27)15(25)16(26)18(30-20)19(28)29/h3-5,8-9,15-18,20,25-27H,1-2,6-7,10-11H2,(H,21,23)(H,22,24)(H,28,29)/t15-,16+,17-,18+,20-/m1/s1. The number of hydroxylamine groups is 1. The van der Waals surface area contributed by atoms with Gasteiger partial charge in [-0.05, 0) is 25.0 Å². The maximum absolute atomic E-state index is 11.8. The Morgan fingerprint density at radius 3 is 2.10 bits per heavy atom. The molecule has 1 saturated heterocycles. The van der Waals surface area contributed by atoms with Crippen LogP contribution in [0.3, 0.4) is 0 Å². The second-order valence-corrected chi connectivity index (χ2v) is 7.21. The van der Waals surface area contributed by atoms with E-state index < -0.39 is 42.6 Å². The van der Waals surface area contributed by atoms with Crippen molar-refractivity contribution in [2.75, 3.05) is 5.32 Å². The first-order valence-corrected chi connectivity index (χ1v) is 10.0. The molecule has 2 amide bonds. The Bertz CT molecular complexity index is 731. The van der Waals surface area contributed by atoms with Gasteiger partial charge < -0.3 is 30.5 Å². The Kier molecular flexibility index (Phi) is 9.82. The first-order valence-electron chi connectivity index (χ1n) is 10.0. The molecule has 0 bridgehead atoms. The molecule has 6 N–H and O–H groups in total. The zero-order valence-corrected chi connectivity index (χ0v) is 16.8. The number of benzene rings is 1. The zero-order chi connectivity index (χ0) is 22.8. The van der Waals surface area contributed by atoms with Crippen molar-refractivity contribution in [3.63, 3.8) is 0 Å². The quantitative estimate of drug-likeness (QED) is 0.203. The summed E-state index contributed by atoms with van der Waals surface area (Å²) in [6.07, 6.45) is -5.69. The molecule has 1 aliphatic rings. The Morgan fingerprint density at radius 2 is 1.48 bits per heavy atom. The van der Waals surface area contributed by atoms with Gasteiger partial charge in [0.05, 0.1) is 0 Å². The highest BCUT2D eigenvalue weighted by Gasteiger charge is 2.47. The Hall–Kier alpha value is -2.57. The molecule has 11 nitrogen and oxygen atoms in total. The summed E-state index contributed by atoms with van der Waals surface area (Å²) in [7, 11) is 0. The van der Waals surface area contributed by atoms with Gasteiger partial charge in [0.2, 0.25) is 18.1 Å². The molecule has 0 saturated carbocycles. The van der Waals surface area contributed by atoms with Crippen LogP contribution in [-0.4, -0.2) is 68.9 Å². The third-order valence-corrected chi connectivity index (χ3v) is 4.72. The van der Waals surface area contributed by atoms with Gasteiger partial charge in [0, 0.05) is 18.5 Å². The number of anilines is 1. The lowest BCUT2D eigenvalue weighted by molar-refractivity contribution is -0.306. The summed E-state index contributed by atoms with van der Waals surface area (Å²) in [5.41, 5.74) is 2.78. The topological polar surface area (TPSA) is 175 Å². The van der Waals surface area contributed by atoms with Crippen LogP contribution in [0.4, 0.5) is 5.69 Å². The van der Waals surface area contributed by atoms with E-state index in [9.17, 15) is 29.7 Å². The molecule has 1 aliphatic heterocycles. The zero-order valence-electron chi connectivity index (χ0n) is 16.8. The van der Waals surface area contributed by atoms with Gasteiger partial charge in [-0.2, -0.15) is 0 Å². The van der Waals surface area contributed by atoms with E-state index in [2.05, 4.69) is 5.32 Å². The van der Waals surface area contributed by atoms with Crippen molar-refractivity contribution in [3.05, 3.63) is 30.3 Å². The molecule has 11 heteroatoms. The average molecular weight is 440 g/mol. The SMILES string of the molecule is O=C(CCCCCCC(=O)Nc1ccccc1)NO[C@H]1O[C@H](C(=O)O)[C@@H](O)[C@@H](O)[C@H]1O. The van der Waals surface area contributed by atoms with Gasteiger partial charge in [-0.3, -0.25) is 9.59 Å². The fourth-order valence-corrected chi connectivity index (χ4v) is 2.99. The maximum Gasteiger partial charge on any atom is 0.335 e. The van der Waals surface area contributed by atoms with E-state index in [1.165, 1.54) is 0 Å². The van der Waals surface area contributed by atoms with Crippen LogP contribution in [0.15, 0.2) is 30.3 Å². The number of amides is 2. The van der Waals surface area contributed by atoms with Crippen LogP contribution < -0.4 is 10.8 Å². The molecule has 1 aromatic carbocycles. The number of carboxylic acid groups (broad SMARTS) is 1. The number of unbranched alkanes of at least 4 members (excludes halogenated alkanes) is 3. The molecule has 0 spiro atoms. The molecule has 0 aromatic heterocycles. The number of aliphatic hydroxyl groups is 3.